The zero-order chi connectivity index (χ0) is 13.7. The normalized spacial score (nSPS) is 23.1. The fourth-order valence-corrected chi connectivity index (χ4v) is 2.32. The van der Waals surface area contributed by atoms with Crippen molar-refractivity contribution >= 4 is 11.6 Å². The molecule has 0 saturated carbocycles. The molecule has 1 aromatic rings. The molecule has 0 aliphatic carbocycles. The Kier molecular flexibility index (Phi) is 4.96. The SMILES string of the molecule is CCCNc1cc(NC2CCOC(C)C2)nc(C)n1. The molecule has 1 aromatic heterocycles. The van der Waals surface area contributed by atoms with Gasteiger partial charge in [-0.2, -0.15) is 0 Å². The van der Waals surface area contributed by atoms with Crippen LogP contribution in [0.3, 0.4) is 0 Å². The predicted octanol–water partition coefficient (Wildman–Crippen LogP) is 2.59. The van der Waals surface area contributed by atoms with E-state index in [2.05, 4.69) is 34.4 Å². The molecule has 0 aromatic carbocycles. The van der Waals surface area contributed by atoms with Crippen LogP contribution in [0.15, 0.2) is 6.07 Å². The maximum atomic E-state index is 5.56. The van der Waals surface area contributed by atoms with Gasteiger partial charge in [-0.1, -0.05) is 6.92 Å². The third kappa shape index (κ3) is 4.35. The Hall–Kier alpha value is -1.36. The summed E-state index contributed by atoms with van der Waals surface area (Å²) in [7, 11) is 0. The number of hydrogen-bond acceptors (Lipinski definition) is 5. The molecule has 2 atom stereocenters. The summed E-state index contributed by atoms with van der Waals surface area (Å²) in [6.07, 6.45) is 3.47. The Balaban J connectivity index is 2.00. The smallest absolute Gasteiger partial charge is 0.132 e. The molecule has 2 unspecified atom stereocenters. The van der Waals surface area contributed by atoms with Crippen molar-refractivity contribution in [3.8, 4) is 0 Å². The van der Waals surface area contributed by atoms with Crippen molar-refractivity contribution in [1.82, 2.24) is 9.97 Å². The van der Waals surface area contributed by atoms with Gasteiger partial charge in [0.1, 0.15) is 17.5 Å². The van der Waals surface area contributed by atoms with Gasteiger partial charge in [0, 0.05) is 25.3 Å². The summed E-state index contributed by atoms with van der Waals surface area (Å²) in [5, 5.41) is 6.80. The van der Waals surface area contributed by atoms with E-state index in [-0.39, 0.29) is 0 Å². The average molecular weight is 264 g/mol. The number of rotatable bonds is 5. The molecule has 1 saturated heterocycles. The lowest BCUT2D eigenvalue weighted by Gasteiger charge is -2.28. The standard InChI is InChI=1S/C14H24N4O/c1-4-6-15-13-9-14(17-11(3)16-13)18-12-5-7-19-10(2)8-12/h9-10,12H,4-8H2,1-3H3,(H2,15,16,17,18). The summed E-state index contributed by atoms with van der Waals surface area (Å²) in [5.74, 6) is 2.60. The monoisotopic (exact) mass is 264 g/mol. The predicted molar refractivity (Wildman–Crippen MR) is 77.6 cm³/mol. The molecular formula is C14H24N4O. The van der Waals surface area contributed by atoms with Crippen molar-refractivity contribution in [2.75, 3.05) is 23.8 Å². The van der Waals surface area contributed by atoms with Crippen LogP contribution in [0.2, 0.25) is 0 Å². The van der Waals surface area contributed by atoms with E-state index in [1.807, 2.05) is 13.0 Å². The van der Waals surface area contributed by atoms with Gasteiger partial charge in [-0.15, -0.1) is 0 Å². The van der Waals surface area contributed by atoms with Crippen LogP contribution in [0.1, 0.15) is 38.9 Å². The first kappa shape index (κ1) is 14.1. The lowest BCUT2D eigenvalue weighted by atomic mass is 10.0. The molecule has 106 valence electrons. The fourth-order valence-electron chi connectivity index (χ4n) is 2.32. The fraction of sp³-hybridized carbons (Fsp3) is 0.714. The van der Waals surface area contributed by atoms with Crippen LogP contribution in [0.25, 0.3) is 0 Å². The second-order valence-corrected chi connectivity index (χ2v) is 5.16. The minimum absolute atomic E-state index is 0.326. The lowest BCUT2D eigenvalue weighted by molar-refractivity contribution is 0.0232. The molecule has 2 N–H and O–H groups in total. The van der Waals surface area contributed by atoms with E-state index in [1.165, 1.54) is 0 Å². The Bertz CT molecular complexity index is 410. The van der Waals surface area contributed by atoms with Gasteiger partial charge in [0.25, 0.3) is 0 Å². The van der Waals surface area contributed by atoms with Crippen LogP contribution >= 0.6 is 0 Å². The Morgan fingerprint density at radius 2 is 2.16 bits per heavy atom. The van der Waals surface area contributed by atoms with Crippen LogP contribution in [0, 0.1) is 6.92 Å². The van der Waals surface area contributed by atoms with Gasteiger partial charge >= 0.3 is 0 Å². The molecule has 0 amide bonds. The maximum absolute atomic E-state index is 5.56. The molecule has 0 spiro atoms. The Morgan fingerprint density at radius 3 is 2.89 bits per heavy atom. The highest BCUT2D eigenvalue weighted by Gasteiger charge is 2.19. The first-order valence-electron chi connectivity index (χ1n) is 7.15. The van der Waals surface area contributed by atoms with Crippen LogP contribution < -0.4 is 10.6 Å². The molecule has 1 aliphatic rings. The van der Waals surface area contributed by atoms with Gasteiger partial charge in [-0.25, -0.2) is 9.97 Å². The van der Waals surface area contributed by atoms with E-state index in [4.69, 9.17) is 4.74 Å². The van der Waals surface area contributed by atoms with Crippen LogP contribution in [-0.4, -0.2) is 35.3 Å². The van der Waals surface area contributed by atoms with Crippen molar-refractivity contribution < 1.29 is 4.74 Å². The van der Waals surface area contributed by atoms with Gasteiger partial charge < -0.3 is 15.4 Å². The molecule has 2 heterocycles. The van der Waals surface area contributed by atoms with Crippen molar-refractivity contribution in [3.63, 3.8) is 0 Å². The third-order valence-electron chi connectivity index (χ3n) is 3.23. The highest BCUT2D eigenvalue weighted by molar-refractivity contribution is 5.48. The minimum Gasteiger partial charge on any atom is -0.378 e. The third-order valence-corrected chi connectivity index (χ3v) is 3.23. The Morgan fingerprint density at radius 1 is 1.37 bits per heavy atom. The van der Waals surface area contributed by atoms with Crippen LogP contribution in [-0.2, 0) is 4.74 Å². The summed E-state index contributed by atoms with van der Waals surface area (Å²) >= 11 is 0. The first-order valence-corrected chi connectivity index (χ1v) is 7.15. The molecule has 2 rings (SSSR count). The molecule has 0 radical (unpaired) electrons. The number of anilines is 2. The van der Waals surface area contributed by atoms with Crippen molar-refractivity contribution in [2.24, 2.45) is 0 Å². The van der Waals surface area contributed by atoms with E-state index in [9.17, 15) is 0 Å². The van der Waals surface area contributed by atoms with Crippen molar-refractivity contribution in [3.05, 3.63) is 11.9 Å². The molecule has 1 aliphatic heterocycles. The topological polar surface area (TPSA) is 59.1 Å². The van der Waals surface area contributed by atoms with Gasteiger partial charge in [-0.05, 0) is 33.1 Å². The second kappa shape index (κ2) is 6.70. The van der Waals surface area contributed by atoms with Crippen LogP contribution in [0.4, 0.5) is 11.6 Å². The van der Waals surface area contributed by atoms with Gasteiger partial charge in [0.05, 0.1) is 6.10 Å². The van der Waals surface area contributed by atoms with E-state index < -0.39 is 0 Å². The summed E-state index contributed by atoms with van der Waals surface area (Å²) < 4.78 is 5.56. The van der Waals surface area contributed by atoms with Gasteiger partial charge in [0.2, 0.25) is 0 Å². The number of nitrogens with zero attached hydrogens (tertiary/aromatic N) is 2. The molecule has 0 bridgehead atoms. The van der Waals surface area contributed by atoms with Crippen molar-refractivity contribution in [2.45, 2.75) is 52.2 Å². The van der Waals surface area contributed by atoms with E-state index in [0.29, 0.717) is 12.1 Å². The second-order valence-electron chi connectivity index (χ2n) is 5.16. The summed E-state index contributed by atoms with van der Waals surface area (Å²) in [6.45, 7) is 7.94. The number of hydrogen-bond donors (Lipinski definition) is 2. The number of aromatic nitrogens is 2. The average Bonchev–Trinajstić information content (AvgIpc) is 2.35. The quantitative estimate of drug-likeness (QED) is 0.856. The number of ether oxygens (including phenoxy) is 1. The minimum atomic E-state index is 0.326. The molecule has 19 heavy (non-hydrogen) atoms. The molecule has 5 nitrogen and oxygen atoms in total. The zero-order valence-electron chi connectivity index (χ0n) is 12.1. The van der Waals surface area contributed by atoms with Gasteiger partial charge in [0.15, 0.2) is 0 Å². The van der Waals surface area contributed by atoms with E-state index >= 15 is 0 Å². The zero-order valence-corrected chi connectivity index (χ0v) is 12.1. The maximum Gasteiger partial charge on any atom is 0.132 e. The molecular weight excluding hydrogens is 240 g/mol. The van der Waals surface area contributed by atoms with Gasteiger partial charge in [-0.3, -0.25) is 0 Å². The highest BCUT2D eigenvalue weighted by atomic mass is 16.5. The largest absolute Gasteiger partial charge is 0.378 e. The lowest BCUT2D eigenvalue weighted by Crippen LogP contribution is -2.32. The first-order chi connectivity index (χ1) is 9.17. The highest BCUT2D eigenvalue weighted by Crippen LogP contribution is 2.19. The summed E-state index contributed by atoms with van der Waals surface area (Å²) in [6, 6.07) is 2.43. The number of aryl methyl sites for hydroxylation is 1. The Labute approximate surface area is 115 Å². The van der Waals surface area contributed by atoms with E-state index in [0.717, 1.165) is 49.9 Å². The van der Waals surface area contributed by atoms with E-state index in [1.54, 1.807) is 0 Å². The summed E-state index contributed by atoms with van der Waals surface area (Å²) in [5.41, 5.74) is 0. The molecule has 5 heteroatoms. The summed E-state index contributed by atoms with van der Waals surface area (Å²) in [4.78, 5) is 8.85. The van der Waals surface area contributed by atoms with Crippen LogP contribution in [0.5, 0.6) is 0 Å². The molecule has 1 fully saturated rings. The van der Waals surface area contributed by atoms with Crippen molar-refractivity contribution in [1.29, 1.82) is 0 Å². The number of nitrogens with one attached hydrogen (secondary N) is 2.